The molecule has 3 heteroatoms. The molecule has 15 heavy (non-hydrogen) atoms. The third-order valence-electron chi connectivity index (χ3n) is 2.06. The van der Waals surface area contributed by atoms with Gasteiger partial charge in [0.2, 0.25) is 0 Å². The van der Waals surface area contributed by atoms with Crippen LogP contribution in [-0.2, 0) is 0 Å². The van der Waals surface area contributed by atoms with E-state index >= 15 is 0 Å². The highest BCUT2D eigenvalue weighted by Gasteiger charge is 2.14. The minimum Gasteiger partial charge on any atom is -0.358 e. The molecule has 0 aliphatic rings. The molecule has 0 radical (unpaired) electrons. The summed E-state index contributed by atoms with van der Waals surface area (Å²) in [4.78, 5) is 0. The minimum atomic E-state index is 0.318. The normalized spacial score (nSPS) is 10.5. The summed E-state index contributed by atoms with van der Waals surface area (Å²) in [6, 6.07) is 3.61. The van der Waals surface area contributed by atoms with E-state index in [0.29, 0.717) is 10.9 Å². The fourth-order valence-corrected chi connectivity index (χ4v) is 2.06. The van der Waals surface area contributed by atoms with Gasteiger partial charge in [-0.05, 0) is 30.5 Å². The average Bonchev–Trinajstić information content (AvgIpc) is 2.10. The third-order valence-corrected chi connectivity index (χ3v) is 2.70. The molecule has 1 aromatic rings. The molecule has 0 bridgehead atoms. The Balaban J connectivity index is 3.31. The number of hydrogen-bond donors (Lipinski definition) is 1. The predicted molar refractivity (Wildman–Crippen MR) is 69.0 cm³/mol. The molecule has 0 amide bonds. The van der Waals surface area contributed by atoms with Gasteiger partial charge in [-0.25, -0.2) is 0 Å². The lowest BCUT2D eigenvalue weighted by molar-refractivity contribution is 0.868. The second kappa shape index (κ2) is 4.91. The molecular weight excluding hydrogens is 229 g/mol. The Bertz CT molecular complexity index is 383. The van der Waals surface area contributed by atoms with Crippen LogP contribution in [0, 0.1) is 0 Å². The lowest BCUT2D eigenvalue weighted by atomic mass is 10.0. The number of benzene rings is 1. The first-order chi connectivity index (χ1) is 6.93. The van der Waals surface area contributed by atoms with Crippen molar-refractivity contribution < 1.29 is 0 Å². The number of anilines is 1. The Morgan fingerprint density at radius 2 is 1.80 bits per heavy atom. The molecule has 0 unspecified atom stereocenters. The summed E-state index contributed by atoms with van der Waals surface area (Å²) < 4.78 is 0. The summed E-state index contributed by atoms with van der Waals surface area (Å²) in [6.45, 7) is 9.87. The summed E-state index contributed by atoms with van der Waals surface area (Å²) in [5, 5.41) is 4.56. The van der Waals surface area contributed by atoms with Crippen LogP contribution in [0.3, 0.4) is 0 Å². The maximum absolute atomic E-state index is 6.15. The van der Waals surface area contributed by atoms with Crippen molar-refractivity contribution in [1.82, 2.24) is 0 Å². The number of allylic oxidation sites excluding steroid dienone is 1. The smallest absolute Gasteiger partial charge is 0.0644 e. The zero-order valence-electron chi connectivity index (χ0n) is 9.20. The Labute approximate surface area is 101 Å². The standard InChI is InChI=1S/C12H15Cl2N/c1-7(2)11-9(13)5-6-10(14)12(11)15-8(3)4/h5-7,15H,3H2,1-2,4H3. The van der Waals surface area contributed by atoms with Crippen molar-refractivity contribution in [2.75, 3.05) is 5.32 Å². The molecule has 0 saturated heterocycles. The maximum Gasteiger partial charge on any atom is 0.0644 e. The molecule has 0 aromatic heterocycles. The van der Waals surface area contributed by atoms with Gasteiger partial charge in [-0.3, -0.25) is 0 Å². The van der Waals surface area contributed by atoms with E-state index in [1.807, 2.05) is 13.0 Å². The predicted octanol–water partition coefficient (Wildman–Crippen LogP) is 5.06. The van der Waals surface area contributed by atoms with Gasteiger partial charge in [-0.2, -0.15) is 0 Å². The third kappa shape index (κ3) is 2.90. The molecular formula is C12H15Cl2N. The average molecular weight is 244 g/mol. The van der Waals surface area contributed by atoms with E-state index in [4.69, 9.17) is 23.2 Å². The van der Waals surface area contributed by atoms with E-state index in [1.54, 1.807) is 6.07 Å². The summed E-state index contributed by atoms with van der Waals surface area (Å²) in [7, 11) is 0. The largest absolute Gasteiger partial charge is 0.358 e. The van der Waals surface area contributed by atoms with E-state index in [0.717, 1.165) is 22.0 Å². The second-order valence-electron chi connectivity index (χ2n) is 3.88. The molecule has 1 aromatic carbocycles. The molecule has 0 spiro atoms. The van der Waals surface area contributed by atoms with Crippen LogP contribution < -0.4 is 5.32 Å². The van der Waals surface area contributed by atoms with E-state index in [9.17, 15) is 0 Å². The topological polar surface area (TPSA) is 12.0 Å². The number of nitrogens with one attached hydrogen (secondary N) is 1. The van der Waals surface area contributed by atoms with E-state index in [1.165, 1.54) is 0 Å². The molecule has 82 valence electrons. The van der Waals surface area contributed by atoms with Gasteiger partial charge in [0.05, 0.1) is 10.7 Å². The van der Waals surface area contributed by atoms with Crippen LogP contribution in [0.2, 0.25) is 10.0 Å². The molecule has 1 N–H and O–H groups in total. The van der Waals surface area contributed by atoms with Gasteiger partial charge in [0.25, 0.3) is 0 Å². The van der Waals surface area contributed by atoms with Crippen molar-refractivity contribution in [3.8, 4) is 0 Å². The summed E-state index contributed by atoms with van der Waals surface area (Å²) >= 11 is 12.3. The van der Waals surface area contributed by atoms with Crippen molar-refractivity contribution in [3.63, 3.8) is 0 Å². The SMILES string of the molecule is C=C(C)Nc1c(Cl)ccc(Cl)c1C(C)C. The summed E-state index contributed by atoms with van der Waals surface area (Å²) in [5.74, 6) is 0.318. The van der Waals surface area contributed by atoms with Crippen molar-refractivity contribution in [1.29, 1.82) is 0 Å². The Hall–Kier alpha value is -0.660. The van der Waals surface area contributed by atoms with Gasteiger partial charge < -0.3 is 5.32 Å². The summed E-state index contributed by atoms with van der Waals surface area (Å²) in [5.41, 5.74) is 2.75. The van der Waals surface area contributed by atoms with Gasteiger partial charge in [0.1, 0.15) is 0 Å². The highest BCUT2D eigenvalue weighted by atomic mass is 35.5. The van der Waals surface area contributed by atoms with Gasteiger partial charge in [0, 0.05) is 10.7 Å². The molecule has 0 atom stereocenters. The van der Waals surface area contributed by atoms with Gasteiger partial charge >= 0.3 is 0 Å². The maximum atomic E-state index is 6.15. The Morgan fingerprint density at radius 1 is 1.27 bits per heavy atom. The van der Waals surface area contributed by atoms with Crippen molar-refractivity contribution in [2.45, 2.75) is 26.7 Å². The van der Waals surface area contributed by atoms with Gasteiger partial charge in [-0.1, -0.05) is 43.6 Å². The first kappa shape index (κ1) is 12.4. The van der Waals surface area contributed by atoms with E-state index < -0.39 is 0 Å². The van der Waals surface area contributed by atoms with Gasteiger partial charge in [0.15, 0.2) is 0 Å². The van der Waals surface area contributed by atoms with Crippen LogP contribution >= 0.6 is 23.2 Å². The molecule has 0 saturated carbocycles. The fraction of sp³-hybridized carbons (Fsp3) is 0.333. The van der Waals surface area contributed by atoms with E-state index in [-0.39, 0.29) is 0 Å². The number of rotatable bonds is 3. The molecule has 0 aliphatic heterocycles. The van der Waals surface area contributed by atoms with Crippen LogP contribution in [0.1, 0.15) is 32.3 Å². The molecule has 1 nitrogen and oxygen atoms in total. The number of halogens is 2. The minimum absolute atomic E-state index is 0.318. The highest BCUT2D eigenvalue weighted by Crippen LogP contribution is 2.37. The molecule has 0 fully saturated rings. The van der Waals surface area contributed by atoms with E-state index in [2.05, 4.69) is 25.7 Å². The van der Waals surface area contributed by atoms with Crippen molar-refractivity contribution in [2.24, 2.45) is 0 Å². The lowest BCUT2D eigenvalue weighted by Crippen LogP contribution is -2.01. The number of hydrogen-bond acceptors (Lipinski definition) is 1. The zero-order valence-corrected chi connectivity index (χ0v) is 10.7. The van der Waals surface area contributed by atoms with Crippen LogP contribution in [0.15, 0.2) is 24.4 Å². The van der Waals surface area contributed by atoms with Crippen molar-refractivity contribution in [3.05, 3.63) is 40.0 Å². The van der Waals surface area contributed by atoms with Crippen LogP contribution in [-0.4, -0.2) is 0 Å². The fourth-order valence-electron chi connectivity index (χ4n) is 1.47. The van der Waals surface area contributed by atoms with Crippen LogP contribution in [0.4, 0.5) is 5.69 Å². The first-order valence-corrected chi connectivity index (χ1v) is 5.59. The monoisotopic (exact) mass is 243 g/mol. The van der Waals surface area contributed by atoms with Crippen molar-refractivity contribution >= 4 is 28.9 Å². The molecule has 0 heterocycles. The second-order valence-corrected chi connectivity index (χ2v) is 4.69. The molecule has 0 aliphatic carbocycles. The molecule has 1 rings (SSSR count). The Morgan fingerprint density at radius 3 is 2.27 bits per heavy atom. The summed E-state index contributed by atoms with van der Waals surface area (Å²) in [6.07, 6.45) is 0. The Kier molecular flexibility index (Phi) is 4.06. The van der Waals surface area contributed by atoms with Gasteiger partial charge in [-0.15, -0.1) is 0 Å². The van der Waals surface area contributed by atoms with Crippen LogP contribution in [0.5, 0.6) is 0 Å². The first-order valence-electron chi connectivity index (χ1n) is 4.84. The highest BCUT2D eigenvalue weighted by molar-refractivity contribution is 6.36. The zero-order chi connectivity index (χ0) is 11.6. The van der Waals surface area contributed by atoms with Crippen LogP contribution in [0.25, 0.3) is 0 Å². The quantitative estimate of drug-likeness (QED) is 0.783. The lowest BCUT2D eigenvalue weighted by Gasteiger charge is -2.17.